The standard InChI is InChI=1S/C10H12N2/c1-2-12-10(8-11)9-6-4-3-5-7-9/h3-7,10,12H,2H2,1H3/t10-/m1/s1. The number of hydrogen-bond acceptors (Lipinski definition) is 2. The van der Waals surface area contributed by atoms with Gasteiger partial charge in [0.1, 0.15) is 6.04 Å². The number of benzene rings is 1. The third-order valence-electron chi connectivity index (χ3n) is 1.67. The highest BCUT2D eigenvalue weighted by atomic mass is 14.9. The van der Waals surface area contributed by atoms with Crippen molar-refractivity contribution in [1.82, 2.24) is 5.32 Å². The summed E-state index contributed by atoms with van der Waals surface area (Å²) in [6, 6.07) is 11.8. The van der Waals surface area contributed by atoms with Gasteiger partial charge < -0.3 is 0 Å². The minimum absolute atomic E-state index is 0.170. The van der Waals surface area contributed by atoms with Gasteiger partial charge in [-0.2, -0.15) is 5.26 Å². The Labute approximate surface area is 72.8 Å². The van der Waals surface area contributed by atoms with Gasteiger partial charge >= 0.3 is 0 Å². The van der Waals surface area contributed by atoms with Crippen molar-refractivity contribution >= 4 is 0 Å². The molecule has 1 N–H and O–H groups in total. The Balaban J connectivity index is 2.75. The highest BCUT2D eigenvalue weighted by Crippen LogP contribution is 2.09. The average molecular weight is 160 g/mol. The Morgan fingerprint density at radius 3 is 2.58 bits per heavy atom. The molecule has 0 bridgehead atoms. The summed E-state index contributed by atoms with van der Waals surface area (Å²) in [5.74, 6) is 0. The first-order valence-electron chi connectivity index (χ1n) is 4.06. The van der Waals surface area contributed by atoms with Crippen molar-refractivity contribution in [2.24, 2.45) is 0 Å². The monoisotopic (exact) mass is 160 g/mol. The molecule has 12 heavy (non-hydrogen) atoms. The fourth-order valence-corrected chi connectivity index (χ4v) is 1.09. The van der Waals surface area contributed by atoms with Gasteiger partial charge in [-0.25, -0.2) is 0 Å². The van der Waals surface area contributed by atoms with E-state index in [2.05, 4.69) is 11.4 Å². The van der Waals surface area contributed by atoms with E-state index in [0.29, 0.717) is 0 Å². The van der Waals surface area contributed by atoms with E-state index < -0.39 is 0 Å². The van der Waals surface area contributed by atoms with E-state index in [4.69, 9.17) is 5.26 Å². The average Bonchev–Trinajstić information content (AvgIpc) is 2.15. The molecule has 0 amide bonds. The van der Waals surface area contributed by atoms with Gasteiger partial charge in [0.25, 0.3) is 0 Å². The third-order valence-corrected chi connectivity index (χ3v) is 1.67. The highest BCUT2D eigenvalue weighted by Gasteiger charge is 2.05. The second-order valence-corrected chi connectivity index (χ2v) is 2.53. The van der Waals surface area contributed by atoms with Crippen molar-refractivity contribution in [1.29, 1.82) is 5.26 Å². The van der Waals surface area contributed by atoms with Crippen molar-refractivity contribution < 1.29 is 0 Å². The summed E-state index contributed by atoms with van der Waals surface area (Å²) in [6.07, 6.45) is 0. The highest BCUT2D eigenvalue weighted by molar-refractivity contribution is 5.23. The molecular formula is C10H12N2. The molecule has 0 saturated carbocycles. The van der Waals surface area contributed by atoms with Crippen molar-refractivity contribution in [2.45, 2.75) is 13.0 Å². The molecule has 0 aliphatic rings. The quantitative estimate of drug-likeness (QED) is 0.732. The lowest BCUT2D eigenvalue weighted by Gasteiger charge is -2.08. The molecule has 0 heterocycles. The van der Waals surface area contributed by atoms with Crippen LogP contribution in [-0.2, 0) is 0 Å². The molecule has 1 rings (SSSR count). The van der Waals surface area contributed by atoms with Gasteiger partial charge in [0, 0.05) is 0 Å². The first kappa shape index (κ1) is 8.76. The molecule has 1 aromatic carbocycles. The van der Waals surface area contributed by atoms with Gasteiger partial charge in [-0.3, -0.25) is 5.32 Å². The number of rotatable bonds is 3. The number of hydrogen-bond donors (Lipinski definition) is 1. The van der Waals surface area contributed by atoms with Crippen LogP contribution in [0, 0.1) is 11.3 Å². The molecule has 0 radical (unpaired) electrons. The maximum Gasteiger partial charge on any atom is 0.121 e. The molecule has 0 aromatic heterocycles. The first-order chi connectivity index (χ1) is 5.88. The second kappa shape index (κ2) is 4.53. The van der Waals surface area contributed by atoms with E-state index in [0.717, 1.165) is 12.1 Å². The maximum atomic E-state index is 8.80. The zero-order chi connectivity index (χ0) is 8.81. The molecule has 1 atom stereocenters. The Bertz CT molecular complexity index is 261. The van der Waals surface area contributed by atoms with Crippen LogP contribution in [-0.4, -0.2) is 6.54 Å². The smallest absolute Gasteiger partial charge is 0.121 e. The van der Waals surface area contributed by atoms with Crippen molar-refractivity contribution in [3.8, 4) is 6.07 Å². The fourth-order valence-electron chi connectivity index (χ4n) is 1.09. The maximum absolute atomic E-state index is 8.80. The first-order valence-corrected chi connectivity index (χ1v) is 4.06. The molecular weight excluding hydrogens is 148 g/mol. The lowest BCUT2D eigenvalue weighted by atomic mass is 10.1. The minimum atomic E-state index is -0.170. The summed E-state index contributed by atoms with van der Waals surface area (Å²) in [4.78, 5) is 0. The summed E-state index contributed by atoms with van der Waals surface area (Å²) >= 11 is 0. The fraction of sp³-hybridized carbons (Fsp3) is 0.300. The van der Waals surface area contributed by atoms with Crippen LogP contribution in [0.1, 0.15) is 18.5 Å². The lowest BCUT2D eigenvalue weighted by Crippen LogP contribution is -2.18. The molecule has 0 spiro atoms. The van der Waals surface area contributed by atoms with Crippen LogP contribution < -0.4 is 5.32 Å². The molecule has 0 unspecified atom stereocenters. The SMILES string of the molecule is CCN[C@H](C#N)c1ccccc1. The van der Waals surface area contributed by atoms with E-state index >= 15 is 0 Å². The summed E-state index contributed by atoms with van der Waals surface area (Å²) in [7, 11) is 0. The van der Waals surface area contributed by atoms with Crippen LogP contribution >= 0.6 is 0 Å². The van der Waals surface area contributed by atoms with Gasteiger partial charge in [-0.05, 0) is 12.1 Å². The van der Waals surface area contributed by atoms with Crippen LogP contribution in [0.5, 0.6) is 0 Å². The lowest BCUT2D eigenvalue weighted by molar-refractivity contribution is 0.658. The molecule has 2 heteroatoms. The van der Waals surface area contributed by atoms with E-state index in [-0.39, 0.29) is 6.04 Å². The van der Waals surface area contributed by atoms with Gasteiger partial charge in [0.15, 0.2) is 0 Å². The van der Waals surface area contributed by atoms with Crippen molar-refractivity contribution in [3.63, 3.8) is 0 Å². The predicted molar refractivity (Wildman–Crippen MR) is 48.5 cm³/mol. The van der Waals surface area contributed by atoms with Gasteiger partial charge in [-0.1, -0.05) is 37.3 Å². The number of nitrogens with zero attached hydrogens (tertiary/aromatic N) is 1. The minimum Gasteiger partial charge on any atom is -0.298 e. The van der Waals surface area contributed by atoms with E-state index in [1.54, 1.807) is 0 Å². The van der Waals surface area contributed by atoms with Crippen molar-refractivity contribution in [3.05, 3.63) is 35.9 Å². The van der Waals surface area contributed by atoms with E-state index in [1.807, 2.05) is 37.3 Å². The van der Waals surface area contributed by atoms with Crippen LogP contribution in [0.2, 0.25) is 0 Å². The molecule has 0 saturated heterocycles. The summed E-state index contributed by atoms with van der Waals surface area (Å²) in [5, 5.41) is 11.9. The van der Waals surface area contributed by atoms with Crippen LogP contribution in [0.25, 0.3) is 0 Å². The summed E-state index contributed by atoms with van der Waals surface area (Å²) < 4.78 is 0. The van der Waals surface area contributed by atoms with Gasteiger partial charge in [0.2, 0.25) is 0 Å². The predicted octanol–water partition coefficient (Wildman–Crippen LogP) is 1.86. The largest absolute Gasteiger partial charge is 0.298 e. The molecule has 2 nitrogen and oxygen atoms in total. The Hall–Kier alpha value is -1.33. The molecule has 1 aromatic rings. The number of nitrogens with one attached hydrogen (secondary N) is 1. The summed E-state index contributed by atoms with van der Waals surface area (Å²) in [5.41, 5.74) is 1.03. The Morgan fingerprint density at radius 1 is 1.42 bits per heavy atom. The molecule has 0 aliphatic heterocycles. The zero-order valence-corrected chi connectivity index (χ0v) is 7.12. The molecule has 0 aliphatic carbocycles. The topological polar surface area (TPSA) is 35.8 Å². The Morgan fingerprint density at radius 2 is 2.08 bits per heavy atom. The van der Waals surface area contributed by atoms with Crippen molar-refractivity contribution in [2.75, 3.05) is 6.54 Å². The number of nitriles is 1. The van der Waals surface area contributed by atoms with E-state index in [1.165, 1.54) is 0 Å². The van der Waals surface area contributed by atoms with Crippen LogP contribution in [0.4, 0.5) is 0 Å². The second-order valence-electron chi connectivity index (χ2n) is 2.53. The Kier molecular flexibility index (Phi) is 3.31. The van der Waals surface area contributed by atoms with E-state index in [9.17, 15) is 0 Å². The van der Waals surface area contributed by atoms with Gasteiger partial charge in [0.05, 0.1) is 6.07 Å². The van der Waals surface area contributed by atoms with Crippen LogP contribution in [0.3, 0.4) is 0 Å². The van der Waals surface area contributed by atoms with Crippen LogP contribution in [0.15, 0.2) is 30.3 Å². The molecule has 62 valence electrons. The molecule has 0 fully saturated rings. The van der Waals surface area contributed by atoms with Gasteiger partial charge in [-0.15, -0.1) is 0 Å². The third kappa shape index (κ3) is 2.08. The normalized spacial score (nSPS) is 12.0. The summed E-state index contributed by atoms with van der Waals surface area (Å²) in [6.45, 7) is 2.81. The zero-order valence-electron chi connectivity index (χ0n) is 7.12.